The summed E-state index contributed by atoms with van der Waals surface area (Å²) in [6.07, 6.45) is 0.882. The number of hydrogen-bond acceptors (Lipinski definition) is 5. The maximum Gasteiger partial charge on any atom is 0.277 e. The fraction of sp³-hybridized carbons (Fsp3) is 0.333. The number of carbonyl (C=O) groups is 1. The lowest BCUT2D eigenvalue weighted by Gasteiger charge is -2.07. The SMILES string of the molecule is COCCCNc1scnc1C(=O)Nc1cccc(C)c1. The lowest BCUT2D eigenvalue weighted by Crippen LogP contribution is -2.15. The first-order valence-electron chi connectivity index (χ1n) is 6.75. The van der Waals surface area contributed by atoms with E-state index in [0.717, 1.165) is 29.2 Å². The summed E-state index contributed by atoms with van der Waals surface area (Å²) >= 11 is 1.43. The third kappa shape index (κ3) is 4.54. The van der Waals surface area contributed by atoms with Gasteiger partial charge in [-0.05, 0) is 31.0 Å². The summed E-state index contributed by atoms with van der Waals surface area (Å²) in [4.78, 5) is 16.4. The number of anilines is 2. The maximum atomic E-state index is 12.3. The summed E-state index contributed by atoms with van der Waals surface area (Å²) < 4.78 is 5.00. The molecule has 6 heteroatoms. The van der Waals surface area contributed by atoms with Crippen molar-refractivity contribution in [3.63, 3.8) is 0 Å². The summed E-state index contributed by atoms with van der Waals surface area (Å²) in [6.45, 7) is 3.43. The van der Waals surface area contributed by atoms with Gasteiger partial charge in [0.25, 0.3) is 5.91 Å². The first-order chi connectivity index (χ1) is 10.2. The van der Waals surface area contributed by atoms with Gasteiger partial charge in [-0.2, -0.15) is 0 Å². The Morgan fingerprint density at radius 1 is 1.43 bits per heavy atom. The molecule has 0 radical (unpaired) electrons. The van der Waals surface area contributed by atoms with Gasteiger partial charge in [0.05, 0.1) is 5.51 Å². The smallest absolute Gasteiger partial charge is 0.277 e. The molecule has 0 saturated heterocycles. The van der Waals surface area contributed by atoms with Crippen LogP contribution in [0.1, 0.15) is 22.5 Å². The first-order valence-corrected chi connectivity index (χ1v) is 7.63. The quantitative estimate of drug-likeness (QED) is 0.771. The van der Waals surface area contributed by atoms with Gasteiger partial charge in [-0.1, -0.05) is 12.1 Å². The second-order valence-electron chi connectivity index (χ2n) is 4.63. The Morgan fingerprint density at radius 2 is 2.29 bits per heavy atom. The Labute approximate surface area is 128 Å². The number of aryl methyl sites for hydroxylation is 1. The van der Waals surface area contributed by atoms with Gasteiger partial charge in [-0.25, -0.2) is 4.98 Å². The molecule has 1 heterocycles. The number of nitrogens with one attached hydrogen (secondary N) is 2. The van der Waals surface area contributed by atoms with Crippen LogP contribution in [-0.2, 0) is 4.74 Å². The van der Waals surface area contributed by atoms with Gasteiger partial charge in [0.15, 0.2) is 5.69 Å². The van der Waals surface area contributed by atoms with Gasteiger partial charge in [-0.3, -0.25) is 4.79 Å². The molecule has 21 heavy (non-hydrogen) atoms. The van der Waals surface area contributed by atoms with Crippen LogP contribution in [0.5, 0.6) is 0 Å². The topological polar surface area (TPSA) is 63.2 Å². The largest absolute Gasteiger partial charge is 0.385 e. The van der Waals surface area contributed by atoms with E-state index in [1.807, 2.05) is 31.2 Å². The highest BCUT2D eigenvalue weighted by atomic mass is 32.1. The molecule has 0 aliphatic heterocycles. The molecule has 2 N–H and O–H groups in total. The molecule has 112 valence electrons. The van der Waals surface area contributed by atoms with Crippen LogP contribution in [0.4, 0.5) is 10.7 Å². The van der Waals surface area contributed by atoms with Crippen LogP contribution in [0.15, 0.2) is 29.8 Å². The third-order valence-corrected chi connectivity index (χ3v) is 3.65. The molecular weight excluding hydrogens is 286 g/mol. The predicted molar refractivity (Wildman–Crippen MR) is 86.2 cm³/mol. The van der Waals surface area contributed by atoms with Crippen LogP contribution in [0.3, 0.4) is 0 Å². The molecule has 0 spiro atoms. The lowest BCUT2D eigenvalue weighted by atomic mass is 10.2. The van der Waals surface area contributed by atoms with Crippen molar-refractivity contribution in [2.75, 3.05) is 30.9 Å². The first kappa shape index (κ1) is 15.5. The average molecular weight is 305 g/mol. The van der Waals surface area contributed by atoms with Crippen molar-refractivity contribution in [3.05, 3.63) is 41.0 Å². The molecule has 1 aromatic heterocycles. The van der Waals surface area contributed by atoms with E-state index in [1.54, 1.807) is 12.6 Å². The summed E-state index contributed by atoms with van der Waals surface area (Å²) in [5, 5.41) is 6.88. The minimum atomic E-state index is -0.198. The second kappa shape index (κ2) is 7.75. The van der Waals surface area contributed by atoms with E-state index >= 15 is 0 Å². The van der Waals surface area contributed by atoms with Crippen molar-refractivity contribution in [3.8, 4) is 0 Å². The summed E-state index contributed by atoms with van der Waals surface area (Å²) in [7, 11) is 1.67. The maximum absolute atomic E-state index is 12.3. The Morgan fingerprint density at radius 3 is 3.05 bits per heavy atom. The van der Waals surface area contributed by atoms with Crippen molar-refractivity contribution in [1.29, 1.82) is 0 Å². The van der Waals surface area contributed by atoms with Crippen molar-refractivity contribution in [2.24, 2.45) is 0 Å². The van der Waals surface area contributed by atoms with Gasteiger partial charge in [-0.15, -0.1) is 11.3 Å². The van der Waals surface area contributed by atoms with Gasteiger partial charge in [0.1, 0.15) is 5.00 Å². The van der Waals surface area contributed by atoms with Crippen molar-refractivity contribution < 1.29 is 9.53 Å². The average Bonchev–Trinajstić information content (AvgIpc) is 2.92. The molecule has 0 aliphatic rings. The number of aromatic nitrogens is 1. The Hall–Kier alpha value is -1.92. The molecule has 0 bridgehead atoms. The predicted octanol–water partition coefficient (Wildman–Crippen LogP) is 3.15. The molecule has 0 unspecified atom stereocenters. The fourth-order valence-corrected chi connectivity index (χ4v) is 2.57. The highest BCUT2D eigenvalue weighted by Gasteiger charge is 2.14. The molecule has 0 atom stereocenters. The van der Waals surface area contributed by atoms with Crippen LogP contribution in [0.2, 0.25) is 0 Å². The van der Waals surface area contributed by atoms with E-state index in [9.17, 15) is 4.79 Å². The van der Waals surface area contributed by atoms with E-state index in [0.29, 0.717) is 12.3 Å². The number of rotatable bonds is 7. The van der Waals surface area contributed by atoms with Crippen LogP contribution in [-0.4, -0.2) is 31.2 Å². The Balaban J connectivity index is 1.98. The zero-order chi connectivity index (χ0) is 15.1. The molecule has 0 aliphatic carbocycles. The minimum Gasteiger partial charge on any atom is -0.385 e. The number of methoxy groups -OCH3 is 1. The lowest BCUT2D eigenvalue weighted by molar-refractivity contribution is 0.102. The van der Waals surface area contributed by atoms with E-state index in [1.165, 1.54) is 11.3 Å². The summed E-state index contributed by atoms with van der Waals surface area (Å²) in [5.41, 5.74) is 3.98. The molecule has 2 rings (SSSR count). The molecule has 0 saturated carbocycles. The van der Waals surface area contributed by atoms with Gasteiger partial charge in [0.2, 0.25) is 0 Å². The molecule has 1 amide bonds. The van der Waals surface area contributed by atoms with E-state index in [4.69, 9.17) is 4.74 Å². The van der Waals surface area contributed by atoms with Crippen molar-refractivity contribution in [1.82, 2.24) is 4.98 Å². The normalized spacial score (nSPS) is 10.4. The van der Waals surface area contributed by atoms with Gasteiger partial charge >= 0.3 is 0 Å². The Bertz CT molecular complexity index is 598. The van der Waals surface area contributed by atoms with E-state index < -0.39 is 0 Å². The highest BCUT2D eigenvalue weighted by Crippen LogP contribution is 2.21. The second-order valence-corrected chi connectivity index (χ2v) is 5.48. The zero-order valence-electron chi connectivity index (χ0n) is 12.2. The molecule has 5 nitrogen and oxygen atoms in total. The number of benzene rings is 1. The number of amides is 1. The summed E-state index contributed by atoms with van der Waals surface area (Å²) in [6, 6.07) is 7.69. The van der Waals surface area contributed by atoms with Crippen molar-refractivity contribution in [2.45, 2.75) is 13.3 Å². The number of ether oxygens (including phenoxy) is 1. The van der Waals surface area contributed by atoms with Gasteiger partial charge < -0.3 is 15.4 Å². The molecular formula is C15H19N3O2S. The molecule has 2 aromatic rings. The number of hydrogen-bond donors (Lipinski definition) is 2. The Kier molecular flexibility index (Phi) is 5.71. The van der Waals surface area contributed by atoms with Crippen molar-refractivity contribution >= 4 is 27.9 Å². The van der Waals surface area contributed by atoms with Crippen LogP contribution >= 0.6 is 11.3 Å². The van der Waals surface area contributed by atoms with Crippen LogP contribution in [0, 0.1) is 6.92 Å². The monoisotopic (exact) mass is 305 g/mol. The molecule has 0 fully saturated rings. The molecule has 1 aromatic carbocycles. The third-order valence-electron chi connectivity index (χ3n) is 2.87. The van der Waals surface area contributed by atoms with Crippen LogP contribution in [0.25, 0.3) is 0 Å². The number of nitrogens with zero attached hydrogens (tertiary/aromatic N) is 1. The summed E-state index contributed by atoms with van der Waals surface area (Å²) in [5.74, 6) is -0.198. The van der Waals surface area contributed by atoms with E-state index in [-0.39, 0.29) is 5.91 Å². The zero-order valence-corrected chi connectivity index (χ0v) is 13.0. The minimum absolute atomic E-state index is 0.198. The number of thiazole rings is 1. The number of carbonyl (C=O) groups excluding carboxylic acids is 1. The fourth-order valence-electron chi connectivity index (χ4n) is 1.86. The van der Waals surface area contributed by atoms with Crippen LogP contribution < -0.4 is 10.6 Å². The van der Waals surface area contributed by atoms with Gasteiger partial charge in [0, 0.05) is 25.9 Å². The standard InChI is InChI=1S/C15H19N3O2S/c1-11-5-3-6-12(9-11)18-14(19)13-15(21-10-17-13)16-7-4-8-20-2/h3,5-6,9-10,16H,4,7-8H2,1-2H3,(H,18,19). The van der Waals surface area contributed by atoms with E-state index in [2.05, 4.69) is 15.6 Å². The highest BCUT2D eigenvalue weighted by molar-refractivity contribution is 7.14.